The van der Waals surface area contributed by atoms with Gasteiger partial charge in [0.25, 0.3) is 0 Å². The maximum atomic E-state index is 14.0. The molecule has 1 N–H and O–H groups in total. The van der Waals surface area contributed by atoms with Crippen LogP contribution in [0.15, 0.2) is 61.2 Å². The highest BCUT2D eigenvalue weighted by Crippen LogP contribution is 2.28. The van der Waals surface area contributed by atoms with Crippen LogP contribution in [-0.4, -0.2) is 56.1 Å². The van der Waals surface area contributed by atoms with E-state index in [-0.39, 0.29) is 32.0 Å². The summed E-state index contributed by atoms with van der Waals surface area (Å²) in [7, 11) is -0.728. The van der Waals surface area contributed by atoms with E-state index in [4.69, 9.17) is 14.2 Å². The lowest BCUT2D eigenvalue weighted by Crippen LogP contribution is -2.45. The molecule has 1 aliphatic heterocycles. The summed E-state index contributed by atoms with van der Waals surface area (Å²) in [6.07, 6.45) is 2.44. The van der Waals surface area contributed by atoms with Crippen LogP contribution in [0.1, 0.15) is 36.8 Å². The van der Waals surface area contributed by atoms with Gasteiger partial charge in [-0.15, -0.1) is 6.58 Å². The quantitative estimate of drug-likeness (QED) is 0.430. The van der Waals surface area contributed by atoms with Gasteiger partial charge in [-0.25, -0.2) is 8.42 Å². The van der Waals surface area contributed by atoms with Crippen LogP contribution < -0.4 is 9.47 Å². The lowest BCUT2D eigenvalue weighted by molar-refractivity contribution is 0.0824. The van der Waals surface area contributed by atoms with Gasteiger partial charge in [-0.05, 0) is 61.1 Å². The van der Waals surface area contributed by atoms with Gasteiger partial charge in [-0.3, -0.25) is 0 Å². The smallest absolute Gasteiger partial charge is 0.220 e. The molecule has 0 unspecified atom stereocenters. The molecular formula is C26H35NO6S. The molecule has 0 radical (unpaired) electrons. The highest BCUT2D eigenvalue weighted by Gasteiger charge is 2.39. The average molecular weight is 490 g/mol. The number of aliphatic hydroxyl groups is 1. The third kappa shape index (κ3) is 6.82. The van der Waals surface area contributed by atoms with E-state index in [2.05, 4.69) is 6.58 Å². The van der Waals surface area contributed by atoms with Crippen molar-refractivity contribution in [3.63, 3.8) is 0 Å². The van der Waals surface area contributed by atoms with Gasteiger partial charge in [0.1, 0.15) is 16.7 Å². The Morgan fingerprint density at radius 2 is 1.59 bits per heavy atom. The Morgan fingerprint density at radius 3 is 2.00 bits per heavy atom. The number of hydrogen-bond acceptors (Lipinski definition) is 6. The summed E-state index contributed by atoms with van der Waals surface area (Å²) in [5, 5.41) is 9.86. The molecule has 1 heterocycles. The molecule has 2 aromatic rings. The molecule has 3 rings (SSSR count). The number of hydrogen-bond donors (Lipinski definition) is 1. The fraction of sp³-hybridized carbons (Fsp3) is 0.462. The first-order valence-electron chi connectivity index (χ1n) is 11.5. The lowest BCUT2D eigenvalue weighted by Gasteiger charge is -2.31. The molecule has 1 fully saturated rings. The molecule has 0 amide bonds. The number of sulfonamides is 1. The van der Waals surface area contributed by atoms with Gasteiger partial charge in [0, 0.05) is 19.7 Å². The third-order valence-electron chi connectivity index (χ3n) is 6.13. The summed E-state index contributed by atoms with van der Waals surface area (Å²) in [6, 6.07) is 14.6. The Bertz CT molecular complexity index is 951. The van der Waals surface area contributed by atoms with Crippen molar-refractivity contribution in [2.45, 2.75) is 56.2 Å². The van der Waals surface area contributed by atoms with Crippen molar-refractivity contribution in [3.05, 3.63) is 72.3 Å². The van der Waals surface area contributed by atoms with Gasteiger partial charge >= 0.3 is 0 Å². The van der Waals surface area contributed by atoms with E-state index in [9.17, 15) is 13.5 Å². The normalized spacial score (nSPS) is 17.9. The van der Waals surface area contributed by atoms with E-state index in [0.29, 0.717) is 18.1 Å². The van der Waals surface area contributed by atoms with Gasteiger partial charge in [0.2, 0.25) is 10.0 Å². The minimum atomic E-state index is -3.91. The molecule has 1 saturated heterocycles. The molecule has 0 bridgehead atoms. The number of nitrogens with zero attached hydrogens (tertiary/aromatic N) is 1. The summed E-state index contributed by atoms with van der Waals surface area (Å²) < 4.78 is 45.7. The van der Waals surface area contributed by atoms with E-state index in [1.807, 2.05) is 48.5 Å². The predicted molar refractivity (Wildman–Crippen MR) is 132 cm³/mol. The summed E-state index contributed by atoms with van der Waals surface area (Å²) in [6.45, 7) is 4.64. The minimum absolute atomic E-state index is 0.168. The van der Waals surface area contributed by atoms with Crippen molar-refractivity contribution in [2.24, 2.45) is 0 Å². The second-order valence-corrected chi connectivity index (χ2v) is 10.7. The third-order valence-corrected chi connectivity index (χ3v) is 8.38. The zero-order valence-corrected chi connectivity index (χ0v) is 20.7. The maximum Gasteiger partial charge on any atom is 0.220 e. The van der Waals surface area contributed by atoms with Crippen LogP contribution in [0.25, 0.3) is 0 Å². The zero-order chi connectivity index (χ0) is 24.6. The molecule has 0 spiro atoms. The molecule has 2 aromatic carbocycles. The lowest BCUT2D eigenvalue weighted by atomic mass is 10.1. The number of ether oxygens (including phenoxy) is 3. The van der Waals surface area contributed by atoms with E-state index in [1.54, 1.807) is 20.3 Å². The zero-order valence-electron chi connectivity index (χ0n) is 19.9. The van der Waals surface area contributed by atoms with Crippen LogP contribution in [0.2, 0.25) is 0 Å². The number of aliphatic hydroxyl groups excluding tert-OH is 1. The maximum absolute atomic E-state index is 14.0. The van der Waals surface area contributed by atoms with Crippen LogP contribution in [-0.2, 0) is 27.8 Å². The second kappa shape index (κ2) is 12.4. The van der Waals surface area contributed by atoms with E-state index >= 15 is 0 Å². The van der Waals surface area contributed by atoms with Crippen molar-refractivity contribution in [2.75, 3.05) is 20.8 Å². The highest BCUT2D eigenvalue weighted by atomic mass is 32.2. The molecular weight excluding hydrogens is 454 g/mol. The number of rotatable bonds is 13. The fourth-order valence-corrected chi connectivity index (χ4v) is 6.19. The first-order chi connectivity index (χ1) is 16.4. The van der Waals surface area contributed by atoms with E-state index < -0.39 is 21.4 Å². The molecule has 0 saturated carbocycles. The highest BCUT2D eigenvalue weighted by molar-refractivity contribution is 7.89. The first kappa shape index (κ1) is 26.2. The summed E-state index contributed by atoms with van der Waals surface area (Å²) in [5.41, 5.74) is 1.65. The standard InChI is InChI=1S/C26H35NO6S/c1-4-6-25(28)26(17-24-7-5-16-33-24)34(29,30)27(18-20-8-12-22(31-2)13-9-20)19-21-10-14-23(32-3)15-11-21/h4,8-15,24-26,28H,1,5-7,16-19H2,2-3H3/t24-,25+,26+/m1/s1. The van der Waals surface area contributed by atoms with Crippen LogP contribution in [0.3, 0.4) is 0 Å². The Balaban J connectivity index is 1.93. The Labute approximate surface area is 203 Å². The molecule has 8 heteroatoms. The van der Waals surface area contributed by atoms with Crippen LogP contribution in [0, 0.1) is 0 Å². The Hall–Kier alpha value is -2.39. The van der Waals surface area contributed by atoms with Crippen molar-refractivity contribution < 1.29 is 27.7 Å². The Kier molecular flexibility index (Phi) is 9.53. The first-order valence-corrected chi connectivity index (χ1v) is 13.0. The molecule has 3 atom stereocenters. The molecule has 1 aliphatic rings. The largest absolute Gasteiger partial charge is 0.497 e. The summed E-state index contributed by atoms with van der Waals surface area (Å²) >= 11 is 0. The second-order valence-electron chi connectivity index (χ2n) is 8.51. The summed E-state index contributed by atoms with van der Waals surface area (Å²) in [4.78, 5) is 0. The van der Waals surface area contributed by atoms with Crippen LogP contribution in [0.4, 0.5) is 0 Å². The van der Waals surface area contributed by atoms with Gasteiger partial charge in [0.15, 0.2) is 0 Å². The van der Waals surface area contributed by atoms with Gasteiger partial charge < -0.3 is 19.3 Å². The monoisotopic (exact) mass is 489 g/mol. The van der Waals surface area contributed by atoms with Crippen LogP contribution in [0.5, 0.6) is 11.5 Å². The van der Waals surface area contributed by atoms with Gasteiger partial charge in [-0.1, -0.05) is 30.3 Å². The molecule has 7 nitrogen and oxygen atoms in total. The topological polar surface area (TPSA) is 85.3 Å². The molecule has 0 aromatic heterocycles. The number of methoxy groups -OCH3 is 2. The van der Waals surface area contributed by atoms with Crippen molar-refractivity contribution >= 4 is 10.0 Å². The van der Waals surface area contributed by atoms with Crippen molar-refractivity contribution in [3.8, 4) is 11.5 Å². The van der Waals surface area contributed by atoms with Crippen molar-refractivity contribution in [1.82, 2.24) is 4.31 Å². The molecule has 186 valence electrons. The van der Waals surface area contributed by atoms with Crippen LogP contribution >= 0.6 is 0 Å². The molecule has 0 aliphatic carbocycles. The minimum Gasteiger partial charge on any atom is -0.497 e. The van der Waals surface area contributed by atoms with Crippen molar-refractivity contribution in [1.29, 1.82) is 0 Å². The average Bonchev–Trinajstić information content (AvgIpc) is 3.36. The predicted octanol–water partition coefficient (Wildman–Crippen LogP) is 3.91. The summed E-state index contributed by atoms with van der Waals surface area (Å²) in [5.74, 6) is 1.40. The van der Waals surface area contributed by atoms with E-state index in [1.165, 1.54) is 4.31 Å². The fourth-order valence-electron chi connectivity index (χ4n) is 4.19. The van der Waals surface area contributed by atoms with E-state index in [0.717, 1.165) is 24.0 Å². The molecule has 34 heavy (non-hydrogen) atoms. The number of benzene rings is 2. The SMILES string of the molecule is C=CC[C@H](O)[C@H](C[C@H]1CCCO1)S(=O)(=O)N(Cc1ccc(OC)cc1)Cc1ccc(OC)cc1. The Morgan fingerprint density at radius 1 is 1.06 bits per heavy atom. The van der Waals surface area contributed by atoms with Gasteiger partial charge in [-0.2, -0.15) is 4.31 Å². The van der Waals surface area contributed by atoms with Gasteiger partial charge in [0.05, 0.1) is 26.4 Å².